The van der Waals surface area contributed by atoms with E-state index in [1.807, 2.05) is 0 Å². The lowest BCUT2D eigenvalue weighted by atomic mass is 10.3. The maximum Gasteiger partial charge on any atom is 0.00313 e. The Morgan fingerprint density at radius 3 is 1.92 bits per heavy atom. The third-order valence-electron chi connectivity index (χ3n) is 2.07. The van der Waals surface area contributed by atoms with Gasteiger partial charge in [-0.15, -0.1) is 0 Å². The van der Waals surface area contributed by atoms with E-state index in [1.165, 1.54) is 50.5 Å². The molecule has 0 atom stereocenters. The van der Waals surface area contributed by atoms with E-state index in [1.54, 1.807) is 0 Å². The number of halogens is 1. The molecule has 2 heteroatoms. The minimum absolute atomic E-state index is 1.17. The summed E-state index contributed by atoms with van der Waals surface area (Å²) in [7, 11) is 2.17. The Balaban J connectivity index is 0.000000202. The Morgan fingerprint density at radius 1 is 1.17 bits per heavy atom. The fourth-order valence-corrected chi connectivity index (χ4v) is 1.62. The van der Waals surface area contributed by atoms with Crippen LogP contribution < -0.4 is 0 Å². The van der Waals surface area contributed by atoms with Crippen molar-refractivity contribution in [2.24, 2.45) is 0 Å². The Bertz CT molecular complexity index is 75.9. The number of hydrogen-bond acceptors (Lipinski definition) is 1. The van der Waals surface area contributed by atoms with Gasteiger partial charge in [-0.3, -0.25) is 0 Å². The third-order valence-corrected chi connectivity index (χ3v) is 2.63. The third kappa shape index (κ3) is 8.54. The van der Waals surface area contributed by atoms with Crippen LogP contribution in [0.3, 0.4) is 0 Å². The summed E-state index contributed by atoms with van der Waals surface area (Å²) >= 11 is 3.35. The number of unbranched alkanes of at least 4 members (excludes halogenated alkanes) is 2. The van der Waals surface area contributed by atoms with Crippen molar-refractivity contribution in [1.82, 2.24) is 4.90 Å². The fraction of sp³-hybridized carbons (Fsp3) is 1.00. The van der Waals surface area contributed by atoms with Crippen LogP contribution in [0, 0.1) is 0 Å². The van der Waals surface area contributed by atoms with Crippen LogP contribution in [0.25, 0.3) is 0 Å². The molecule has 0 unspecified atom stereocenters. The molecule has 0 bridgehead atoms. The maximum absolute atomic E-state index is 3.35. The molecule has 1 saturated heterocycles. The van der Waals surface area contributed by atoms with Gasteiger partial charge in [-0.05, 0) is 39.4 Å². The van der Waals surface area contributed by atoms with E-state index in [0.717, 1.165) is 0 Å². The maximum atomic E-state index is 3.35. The topological polar surface area (TPSA) is 3.24 Å². The molecule has 0 aliphatic carbocycles. The molecule has 0 aromatic carbocycles. The standard InChI is InChI=1S/C5H11Br.C5H11N/c1-2-3-4-5-6;1-6-4-2-3-5-6/h2*2-5H2,1H3. The van der Waals surface area contributed by atoms with Crippen LogP contribution in [-0.4, -0.2) is 30.4 Å². The first-order valence-corrected chi connectivity index (χ1v) is 6.18. The molecule has 0 aromatic heterocycles. The molecule has 0 radical (unpaired) electrons. The van der Waals surface area contributed by atoms with Crippen LogP contribution in [0.4, 0.5) is 0 Å². The average Bonchev–Trinajstić information content (AvgIpc) is 2.53. The van der Waals surface area contributed by atoms with Crippen LogP contribution in [0.1, 0.15) is 39.0 Å². The Labute approximate surface area is 85.7 Å². The van der Waals surface area contributed by atoms with Crippen molar-refractivity contribution >= 4 is 15.9 Å². The Morgan fingerprint density at radius 2 is 1.75 bits per heavy atom. The van der Waals surface area contributed by atoms with E-state index < -0.39 is 0 Å². The molecule has 12 heavy (non-hydrogen) atoms. The van der Waals surface area contributed by atoms with E-state index in [-0.39, 0.29) is 0 Å². The van der Waals surface area contributed by atoms with E-state index in [0.29, 0.717) is 0 Å². The number of hydrogen-bond donors (Lipinski definition) is 0. The molecule has 0 aromatic rings. The molecular weight excluding hydrogens is 214 g/mol. The van der Waals surface area contributed by atoms with Crippen molar-refractivity contribution in [1.29, 1.82) is 0 Å². The van der Waals surface area contributed by atoms with Gasteiger partial charge < -0.3 is 4.90 Å². The van der Waals surface area contributed by atoms with E-state index in [4.69, 9.17) is 0 Å². The highest BCUT2D eigenvalue weighted by Gasteiger charge is 2.03. The zero-order valence-corrected chi connectivity index (χ0v) is 10.1. The smallest absolute Gasteiger partial charge is 0.00313 e. The van der Waals surface area contributed by atoms with Crippen LogP contribution >= 0.6 is 15.9 Å². The van der Waals surface area contributed by atoms with Gasteiger partial charge in [0.1, 0.15) is 0 Å². The number of likely N-dealkylation sites (tertiary alicyclic amines) is 1. The molecule has 74 valence electrons. The predicted octanol–water partition coefficient (Wildman–Crippen LogP) is 3.28. The second-order valence-electron chi connectivity index (χ2n) is 3.41. The number of rotatable bonds is 3. The summed E-state index contributed by atoms with van der Waals surface area (Å²) in [6.45, 7) is 4.85. The number of nitrogens with zero attached hydrogens (tertiary/aromatic N) is 1. The van der Waals surface area contributed by atoms with Crippen molar-refractivity contribution in [2.45, 2.75) is 39.0 Å². The lowest BCUT2D eigenvalue weighted by molar-refractivity contribution is 0.418. The highest BCUT2D eigenvalue weighted by Crippen LogP contribution is 2.02. The lowest BCUT2D eigenvalue weighted by Gasteiger charge is -2.01. The summed E-state index contributed by atoms with van der Waals surface area (Å²) in [5.41, 5.74) is 0. The first kappa shape index (κ1) is 12.4. The van der Waals surface area contributed by atoms with Gasteiger partial charge in [0, 0.05) is 5.33 Å². The highest BCUT2D eigenvalue weighted by molar-refractivity contribution is 9.09. The zero-order valence-electron chi connectivity index (χ0n) is 8.48. The van der Waals surface area contributed by atoms with Crippen molar-refractivity contribution in [3.63, 3.8) is 0 Å². The normalized spacial score (nSPS) is 17.2. The zero-order chi connectivity index (χ0) is 9.23. The lowest BCUT2D eigenvalue weighted by Crippen LogP contribution is -2.10. The van der Waals surface area contributed by atoms with Crippen molar-refractivity contribution < 1.29 is 0 Å². The summed E-state index contributed by atoms with van der Waals surface area (Å²) < 4.78 is 0. The first-order chi connectivity index (χ1) is 5.81. The molecule has 1 aliphatic rings. The molecular formula is C10H22BrN. The molecule has 1 rings (SSSR count). The minimum Gasteiger partial charge on any atom is -0.306 e. The van der Waals surface area contributed by atoms with Crippen LogP contribution in [-0.2, 0) is 0 Å². The van der Waals surface area contributed by atoms with Crippen LogP contribution in [0.15, 0.2) is 0 Å². The molecule has 0 saturated carbocycles. The minimum atomic E-state index is 1.17. The van der Waals surface area contributed by atoms with Gasteiger partial charge >= 0.3 is 0 Å². The van der Waals surface area contributed by atoms with Gasteiger partial charge in [-0.1, -0.05) is 35.7 Å². The summed E-state index contributed by atoms with van der Waals surface area (Å²) in [5.74, 6) is 0. The molecule has 0 N–H and O–H groups in total. The largest absolute Gasteiger partial charge is 0.306 e. The van der Waals surface area contributed by atoms with Gasteiger partial charge in [-0.25, -0.2) is 0 Å². The Hall–Kier alpha value is 0.440. The second kappa shape index (κ2) is 9.53. The highest BCUT2D eigenvalue weighted by atomic mass is 79.9. The summed E-state index contributed by atoms with van der Waals surface area (Å²) in [4.78, 5) is 2.36. The van der Waals surface area contributed by atoms with Crippen molar-refractivity contribution in [3.05, 3.63) is 0 Å². The van der Waals surface area contributed by atoms with Gasteiger partial charge in [0.25, 0.3) is 0 Å². The number of alkyl halides is 1. The van der Waals surface area contributed by atoms with Crippen molar-refractivity contribution in [2.75, 3.05) is 25.5 Å². The van der Waals surface area contributed by atoms with Crippen molar-refractivity contribution in [3.8, 4) is 0 Å². The molecule has 1 aliphatic heterocycles. The van der Waals surface area contributed by atoms with Crippen LogP contribution in [0.5, 0.6) is 0 Å². The molecule has 1 heterocycles. The van der Waals surface area contributed by atoms with E-state index in [2.05, 4.69) is 34.8 Å². The van der Waals surface area contributed by atoms with E-state index >= 15 is 0 Å². The monoisotopic (exact) mass is 235 g/mol. The Kier molecular flexibility index (Phi) is 9.88. The molecule has 0 spiro atoms. The van der Waals surface area contributed by atoms with E-state index in [9.17, 15) is 0 Å². The van der Waals surface area contributed by atoms with Gasteiger partial charge in [-0.2, -0.15) is 0 Å². The molecule has 1 fully saturated rings. The van der Waals surface area contributed by atoms with Gasteiger partial charge in [0.05, 0.1) is 0 Å². The summed E-state index contributed by atoms with van der Waals surface area (Å²) in [5, 5.41) is 1.17. The first-order valence-electron chi connectivity index (χ1n) is 5.05. The van der Waals surface area contributed by atoms with Gasteiger partial charge in [0.15, 0.2) is 0 Å². The fourth-order valence-electron chi connectivity index (χ4n) is 1.22. The quantitative estimate of drug-likeness (QED) is 0.537. The van der Waals surface area contributed by atoms with Crippen LogP contribution in [0.2, 0.25) is 0 Å². The average molecular weight is 236 g/mol. The summed E-state index contributed by atoms with van der Waals surface area (Å²) in [6.07, 6.45) is 6.85. The molecule has 1 nitrogen and oxygen atoms in total. The van der Waals surface area contributed by atoms with Gasteiger partial charge in [0.2, 0.25) is 0 Å². The predicted molar refractivity (Wildman–Crippen MR) is 60.1 cm³/mol. The SMILES string of the molecule is CCCCCBr.CN1CCCC1. The summed E-state index contributed by atoms with van der Waals surface area (Å²) in [6, 6.07) is 0. The second-order valence-corrected chi connectivity index (χ2v) is 4.20. The molecule has 0 amide bonds.